The molecule has 2 amide bonds. The first kappa shape index (κ1) is 24.1. The van der Waals surface area contributed by atoms with Gasteiger partial charge in [-0.15, -0.1) is 0 Å². The number of anilines is 2. The summed E-state index contributed by atoms with van der Waals surface area (Å²) in [6.45, 7) is 0.327. The normalized spacial score (nSPS) is 15.1. The van der Waals surface area contributed by atoms with Crippen molar-refractivity contribution < 1.29 is 23.5 Å². The van der Waals surface area contributed by atoms with E-state index in [1.165, 1.54) is 42.5 Å². The van der Waals surface area contributed by atoms with Crippen molar-refractivity contribution in [2.24, 2.45) is 0 Å². The van der Waals surface area contributed by atoms with Crippen LogP contribution >= 0.6 is 12.2 Å². The van der Waals surface area contributed by atoms with Crippen LogP contribution in [-0.4, -0.2) is 53.6 Å². The lowest BCUT2D eigenvalue weighted by atomic mass is 10.1. The average molecular weight is 495 g/mol. The van der Waals surface area contributed by atoms with Gasteiger partial charge in [0.25, 0.3) is 11.8 Å². The van der Waals surface area contributed by atoms with E-state index in [4.69, 9.17) is 21.7 Å². The molecule has 0 aliphatic carbocycles. The molecule has 180 valence electrons. The van der Waals surface area contributed by atoms with Gasteiger partial charge in [-0.05, 0) is 72.7 Å². The number of hydrogen-bond acceptors (Lipinski definition) is 6. The van der Waals surface area contributed by atoms with Crippen LogP contribution in [0.3, 0.4) is 0 Å². The maximum atomic E-state index is 13.8. The van der Waals surface area contributed by atoms with Crippen LogP contribution in [0.4, 0.5) is 15.9 Å². The minimum Gasteiger partial charge on any atom is -0.497 e. The second-order valence-electron chi connectivity index (χ2n) is 7.69. The number of hydrogen-bond donors (Lipinski definition) is 1. The van der Waals surface area contributed by atoms with E-state index in [-0.39, 0.29) is 10.9 Å². The van der Waals surface area contributed by atoms with Gasteiger partial charge >= 0.3 is 0 Å². The monoisotopic (exact) mass is 494 g/mol. The molecule has 2 heterocycles. The van der Waals surface area contributed by atoms with Gasteiger partial charge in [0, 0.05) is 6.54 Å². The SMILES string of the molecule is COc1ccc(CCN2C(=S)NC(=O)C2C(=O)N(c2ccc(F)cc2)c2ccc(OC)cn2)cc1. The molecule has 1 saturated heterocycles. The Morgan fingerprint density at radius 3 is 2.31 bits per heavy atom. The van der Waals surface area contributed by atoms with Gasteiger partial charge in [0.1, 0.15) is 23.1 Å². The minimum atomic E-state index is -1.21. The molecule has 1 aromatic heterocycles. The number of rotatable bonds is 8. The lowest BCUT2D eigenvalue weighted by Gasteiger charge is -2.29. The fourth-order valence-electron chi connectivity index (χ4n) is 3.73. The topological polar surface area (TPSA) is 84.0 Å². The van der Waals surface area contributed by atoms with Crippen LogP contribution in [0, 0.1) is 5.82 Å². The van der Waals surface area contributed by atoms with Crippen LogP contribution in [0.15, 0.2) is 66.9 Å². The van der Waals surface area contributed by atoms with E-state index < -0.39 is 23.7 Å². The second-order valence-corrected chi connectivity index (χ2v) is 8.08. The quantitative estimate of drug-likeness (QED) is 0.380. The summed E-state index contributed by atoms with van der Waals surface area (Å²) in [5.41, 5.74) is 1.35. The smallest absolute Gasteiger partial charge is 0.265 e. The Labute approximate surface area is 207 Å². The molecule has 1 aliphatic heterocycles. The molecule has 0 bridgehead atoms. The van der Waals surface area contributed by atoms with Crippen LogP contribution in [0.25, 0.3) is 0 Å². The summed E-state index contributed by atoms with van der Waals surface area (Å²) in [5, 5.41) is 2.76. The van der Waals surface area contributed by atoms with Gasteiger partial charge in [-0.1, -0.05) is 12.1 Å². The number of nitrogens with one attached hydrogen (secondary N) is 1. The zero-order valence-electron chi connectivity index (χ0n) is 19.1. The molecule has 1 aliphatic rings. The van der Waals surface area contributed by atoms with Crippen molar-refractivity contribution in [2.75, 3.05) is 25.7 Å². The van der Waals surface area contributed by atoms with Crippen molar-refractivity contribution in [3.05, 3.63) is 78.2 Å². The van der Waals surface area contributed by atoms with Crippen LogP contribution in [0.5, 0.6) is 11.5 Å². The standard InChI is InChI=1S/C25H23FN4O4S/c1-33-19-9-3-16(4-10-19)13-14-29-22(23(31)28-25(29)35)24(32)30(18-7-5-17(26)6-8-18)21-12-11-20(34-2)15-27-21/h3-12,15,22H,13-14H2,1-2H3,(H,28,31,35). The summed E-state index contributed by atoms with van der Waals surface area (Å²) >= 11 is 5.36. The molecule has 0 saturated carbocycles. The number of nitrogens with zero attached hydrogens (tertiary/aromatic N) is 3. The van der Waals surface area contributed by atoms with Gasteiger partial charge in [-0.2, -0.15) is 0 Å². The maximum absolute atomic E-state index is 13.8. The molecule has 35 heavy (non-hydrogen) atoms. The van der Waals surface area contributed by atoms with Gasteiger partial charge in [-0.3, -0.25) is 14.5 Å². The zero-order valence-corrected chi connectivity index (χ0v) is 19.9. The van der Waals surface area contributed by atoms with Gasteiger partial charge < -0.3 is 19.7 Å². The van der Waals surface area contributed by atoms with Crippen molar-refractivity contribution in [3.63, 3.8) is 0 Å². The van der Waals surface area contributed by atoms with E-state index in [1.54, 1.807) is 24.1 Å². The first-order valence-corrected chi connectivity index (χ1v) is 11.2. The van der Waals surface area contributed by atoms with Crippen molar-refractivity contribution in [3.8, 4) is 11.5 Å². The molecule has 1 unspecified atom stereocenters. The Hall–Kier alpha value is -4.05. The third-order valence-electron chi connectivity index (χ3n) is 5.58. The summed E-state index contributed by atoms with van der Waals surface area (Å²) in [4.78, 5) is 33.8. The highest BCUT2D eigenvalue weighted by atomic mass is 32.1. The average Bonchev–Trinajstić information content (AvgIpc) is 3.17. The minimum absolute atomic E-state index is 0.170. The van der Waals surface area contributed by atoms with E-state index in [2.05, 4.69) is 10.3 Å². The molecule has 1 fully saturated rings. The summed E-state index contributed by atoms with van der Waals surface area (Å²) in [7, 11) is 3.10. The number of thiocarbonyl (C=S) groups is 1. The van der Waals surface area contributed by atoms with E-state index in [0.717, 1.165) is 11.3 Å². The summed E-state index contributed by atoms with van der Waals surface area (Å²) < 4.78 is 23.9. The van der Waals surface area contributed by atoms with Crippen LogP contribution in [0.1, 0.15) is 5.56 Å². The molecule has 8 nitrogen and oxygen atoms in total. The number of halogens is 1. The Kier molecular flexibility index (Phi) is 7.21. The van der Waals surface area contributed by atoms with Crippen molar-refractivity contribution in [2.45, 2.75) is 12.5 Å². The van der Waals surface area contributed by atoms with Crippen LogP contribution < -0.4 is 19.7 Å². The number of pyridine rings is 1. The first-order valence-electron chi connectivity index (χ1n) is 10.7. The Morgan fingerprint density at radius 2 is 1.71 bits per heavy atom. The Morgan fingerprint density at radius 1 is 1.06 bits per heavy atom. The fraction of sp³-hybridized carbons (Fsp3) is 0.200. The van der Waals surface area contributed by atoms with Gasteiger partial charge in [0.15, 0.2) is 11.2 Å². The second kappa shape index (κ2) is 10.5. The van der Waals surface area contributed by atoms with E-state index in [1.807, 2.05) is 24.3 Å². The number of carbonyl (C=O) groups is 2. The number of amides is 2. The Balaban J connectivity index is 1.63. The zero-order chi connectivity index (χ0) is 24.9. The van der Waals surface area contributed by atoms with Gasteiger partial charge in [0.05, 0.1) is 26.1 Å². The molecule has 2 aromatic carbocycles. The number of ether oxygens (including phenoxy) is 2. The third kappa shape index (κ3) is 5.22. The predicted molar refractivity (Wildman–Crippen MR) is 132 cm³/mol. The van der Waals surface area contributed by atoms with Crippen LogP contribution in [0.2, 0.25) is 0 Å². The highest BCUT2D eigenvalue weighted by molar-refractivity contribution is 7.80. The molecule has 1 N–H and O–H groups in total. The summed E-state index contributed by atoms with van der Waals surface area (Å²) in [6, 6.07) is 14.9. The lowest BCUT2D eigenvalue weighted by Crippen LogP contribution is -2.48. The molecule has 1 atom stereocenters. The Bertz CT molecular complexity index is 1220. The molecular weight excluding hydrogens is 471 g/mol. The molecule has 0 spiro atoms. The van der Waals surface area contributed by atoms with E-state index in [9.17, 15) is 14.0 Å². The number of aromatic nitrogens is 1. The number of methoxy groups -OCH3 is 2. The number of benzene rings is 2. The predicted octanol–water partition coefficient (Wildman–Crippen LogP) is 3.23. The fourth-order valence-corrected chi connectivity index (χ4v) is 4.03. The summed E-state index contributed by atoms with van der Waals surface area (Å²) in [5.74, 6) is -0.0666. The molecule has 4 rings (SSSR count). The van der Waals surface area contributed by atoms with Crippen molar-refractivity contribution in [1.29, 1.82) is 0 Å². The van der Waals surface area contributed by atoms with Gasteiger partial charge in [-0.25, -0.2) is 9.37 Å². The van der Waals surface area contributed by atoms with Crippen molar-refractivity contribution >= 4 is 40.6 Å². The molecule has 10 heteroatoms. The highest BCUT2D eigenvalue weighted by Gasteiger charge is 2.44. The van der Waals surface area contributed by atoms with E-state index >= 15 is 0 Å². The molecule has 3 aromatic rings. The maximum Gasteiger partial charge on any atom is 0.265 e. The highest BCUT2D eigenvalue weighted by Crippen LogP contribution is 2.28. The van der Waals surface area contributed by atoms with E-state index in [0.29, 0.717) is 24.4 Å². The first-order chi connectivity index (χ1) is 16.9. The molecular formula is C25H23FN4O4S. The number of carbonyl (C=O) groups excluding carboxylic acids is 2. The molecule has 0 radical (unpaired) electrons. The largest absolute Gasteiger partial charge is 0.497 e. The summed E-state index contributed by atoms with van der Waals surface area (Å²) in [6.07, 6.45) is 2.00. The van der Waals surface area contributed by atoms with Crippen molar-refractivity contribution in [1.82, 2.24) is 15.2 Å². The third-order valence-corrected chi connectivity index (χ3v) is 5.91. The van der Waals surface area contributed by atoms with Gasteiger partial charge in [0.2, 0.25) is 0 Å². The van der Waals surface area contributed by atoms with Crippen LogP contribution in [-0.2, 0) is 16.0 Å². The lowest BCUT2D eigenvalue weighted by molar-refractivity contribution is -0.130.